The number of rotatable bonds is 3. The van der Waals surface area contributed by atoms with Gasteiger partial charge in [-0.15, -0.1) is 0 Å². The number of likely N-dealkylation sites (tertiary alicyclic amines) is 1. The maximum atomic E-state index is 8.98. The van der Waals surface area contributed by atoms with E-state index in [2.05, 4.69) is 34.1 Å². The minimum Gasteiger partial charge on any atom is -0.396 e. The standard InChI is InChI=1S/C13H16N2O/c16-9-10-6-15(7-10)8-11-2-1-3-13-12(11)4-5-14-13/h1-5,10,14,16H,6-9H2. The molecule has 1 aliphatic heterocycles. The smallest absolute Gasteiger partial charge is 0.0483 e. The van der Waals surface area contributed by atoms with Crippen molar-refractivity contribution in [3.05, 3.63) is 36.0 Å². The molecule has 1 aliphatic rings. The lowest BCUT2D eigenvalue weighted by atomic mass is 9.99. The number of nitrogens with one attached hydrogen (secondary N) is 1. The normalized spacial score (nSPS) is 17.8. The van der Waals surface area contributed by atoms with Crippen LogP contribution in [0.25, 0.3) is 10.9 Å². The first-order chi connectivity index (χ1) is 7.86. The van der Waals surface area contributed by atoms with Crippen molar-refractivity contribution in [1.82, 2.24) is 9.88 Å². The number of hydrogen-bond acceptors (Lipinski definition) is 2. The molecular formula is C13H16N2O. The highest BCUT2D eigenvalue weighted by atomic mass is 16.3. The van der Waals surface area contributed by atoms with Crippen LogP contribution in [0.1, 0.15) is 5.56 Å². The number of aromatic nitrogens is 1. The van der Waals surface area contributed by atoms with Crippen LogP contribution in [-0.4, -0.2) is 34.7 Å². The first-order valence-electron chi connectivity index (χ1n) is 5.75. The zero-order chi connectivity index (χ0) is 11.0. The Morgan fingerprint density at radius 1 is 1.31 bits per heavy atom. The molecule has 0 bridgehead atoms. The average Bonchev–Trinajstić information content (AvgIpc) is 2.71. The predicted octanol–water partition coefficient (Wildman–Crippen LogP) is 1.59. The lowest BCUT2D eigenvalue weighted by Gasteiger charge is -2.38. The van der Waals surface area contributed by atoms with Crippen LogP contribution in [0.3, 0.4) is 0 Å². The molecule has 1 aromatic heterocycles. The Morgan fingerprint density at radius 2 is 2.19 bits per heavy atom. The zero-order valence-corrected chi connectivity index (χ0v) is 9.19. The summed E-state index contributed by atoms with van der Waals surface area (Å²) in [6.45, 7) is 3.37. The third-order valence-electron chi connectivity index (χ3n) is 3.37. The Labute approximate surface area is 94.7 Å². The zero-order valence-electron chi connectivity index (χ0n) is 9.19. The first-order valence-corrected chi connectivity index (χ1v) is 5.75. The van der Waals surface area contributed by atoms with Gasteiger partial charge in [0.1, 0.15) is 0 Å². The van der Waals surface area contributed by atoms with E-state index in [0.29, 0.717) is 12.5 Å². The summed E-state index contributed by atoms with van der Waals surface area (Å²) in [4.78, 5) is 5.61. The van der Waals surface area contributed by atoms with Crippen molar-refractivity contribution in [2.45, 2.75) is 6.54 Å². The maximum absolute atomic E-state index is 8.98. The maximum Gasteiger partial charge on any atom is 0.0483 e. The molecule has 16 heavy (non-hydrogen) atoms. The summed E-state index contributed by atoms with van der Waals surface area (Å²) in [5, 5.41) is 10.3. The van der Waals surface area contributed by atoms with E-state index < -0.39 is 0 Å². The van der Waals surface area contributed by atoms with Gasteiger partial charge in [-0.1, -0.05) is 12.1 Å². The van der Waals surface area contributed by atoms with Crippen molar-refractivity contribution in [1.29, 1.82) is 0 Å². The summed E-state index contributed by atoms with van der Waals surface area (Å²) in [6.07, 6.45) is 1.99. The molecule has 0 atom stereocenters. The highest BCUT2D eigenvalue weighted by Crippen LogP contribution is 2.23. The Balaban J connectivity index is 1.77. The summed E-state index contributed by atoms with van der Waals surface area (Å²) in [6, 6.07) is 8.51. The molecule has 0 saturated carbocycles. The number of hydrogen-bond donors (Lipinski definition) is 2. The molecule has 2 heterocycles. The van der Waals surface area contributed by atoms with Crippen molar-refractivity contribution in [3.8, 4) is 0 Å². The Bertz CT molecular complexity index is 485. The number of aromatic amines is 1. The molecule has 2 aromatic rings. The summed E-state index contributed by atoms with van der Waals surface area (Å²) >= 11 is 0. The van der Waals surface area contributed by atoms with E-state index in [4.69, 9.17) is 5.11 Å². The Morgan fingerprint density at radius 3 is 3.00 bits per heavy atom. The van der Waals surface area contributed by atoms with Gasteiger partial charge >= 0.3 is 0 Å². The van der Waals surface area contributed by atoms with Crippen molar-refractivity contribution < 1.29 is 5.11 Å². The van der Waals surface area contributed by atoms with Crippen LogP contribution >= 0.6 is 0 Å². The summed E-state index contributed by atoms with van der Waals surface area (Å²) in [5.41, 5.74) is 2.58. The molecule has 1 saturated heterocycles. The second kappa shape index (κ2) is 3.92. The monoisotopic (exact) mass is 216 g/mol. The number of benzene rings is 1. The van der Waals surface area contributed by atoms with Gasteiger partial charge in [-0.05, 0) is 17.7 Å². The molecule has 1 fully saturated rings. The lowest BCUT2D eigenvalue weighted by Crippen LogP contribution is -2.47. The fourth-order valence-electron chi connectivity index (χ4n) is 2.45. The predicted molar refractivity (Wildman–Crippen MR) is 64.2 cm³/mol. The highest BCUT2D eigenvalue weighted by molar-refractivity contribution is 5.82. The minimum atomic E-state index is 0.324. The summed E-state index contributed by atoms with van der Waals surface area (Å²) in [5.74, 6) is 0.491. The Kier molecular flexibility index (Phi) is 2.42. The average molecular weight is 216 g/mol. The molecular weight excluding hydrogens is 200 g/mol. The number of aliphatic hydroxyl groups excluding tert-OH is 1. The topological polar surface area (TPSA) is 39.3 Å². The van der Waals surface area contributed by atoms with Crippen molar-refractivity contribution >= 4 is 10.9 Å². The van der Waals surface area contributed by atoms with Crippen LogP contribution in [-0.2, 0) is 6.54 Å². The van der Waals surface area contributed by atoms with Crippen molar-refractivity contribution in [2.24, 2.45) is 5.92 Å². The molecule has 3 nitrogen and oxygen atoms in total. The number of H-pyrrole nitrogens is 1. The molecule has 0 unspecified atom stereocenters. The molecule has 0 radical (unpaired) electrons. The fraction of sp³-hybridized carbons (Fsp3) is 0.385. The molecule has 3 heteroatoms. The molecule has 2 N–H and O–H groups in total. The second-order valence-electron chi connectivity index (χ2n) is 4.60. The minimum absolute atomic E-state index is 0.324. The van der Waals surface area contributed by atoms with Gasteiger partial charge in [0.2, 0.25) is 0 Å². The third kappa shape index (κ3) is 1.62. The number of nitrogens with zero attached hydrogens (tertiary/aromatic N) is 1. The van der Waals surface area contributed by atoms with E-state index in [-0.39, 0.29) is 0 Å². The first kappa shape index (κ1) is 9.87. The van der Waals surface area contributed by atoms with Gasteiger partial charge in [-0.25, -0.2) is 0 Å². The van der Waals surface area contributed by atoms with Gasteiger partial charge in [-0.3, -0.25) is 4.90 Å². The largest absolute Gasteiger partial charge is 0.396 e. The molecule has 0 amide bonds. The van der Waals surface area contributed by atoms with Gasteiger partial charge < -0.3 is 10.1 Å². The second-order valence-corrected chi connectivity index (χ2v) is 4.60. The number of fused-ring (bicyclic) bond motifs is 1. The third-order valence-corrected chi connectivity index (χ3v) is 3.37. The van der Waals surface area contributed by atoms with Crippen LogP contribution in [0.5, 0.6) is 0 Å². The number of aliphatic hydroxyl groups is 1. The van der Waals surface area contributed by atoms with E-state index in [1.165, 1.54) is 16.5 Å². The lowest BCUT2D eigenvalue weighted by molar-refractivity contribution is 0.0482. The summed E-state index contributed by atoms with van der Waals surface area (Å²) in [7, 11) is 0. The molecule has 0 spiro atoms. The molecule has 1 aromatic carbocycles. The highest BCUT2D eigenvalue weighted by Gasteiger charge is 2.25. The van der Waals surface area contributed by atoms with Crippen LogP contribution in [0, 0.1) is 5.92 Å². The SMILES string of the molecule is OCC1CN(Cc2cccc3[nH]ccc23)C1. The molecule has 0 aliphatic carbocycles. The van der Waals surface area contributed by atoms with E-state index in [9.17, 15) is 0 Å². The fourth-order valence-corrected chi connectivity index (χ4v) is 2.45. The van der Waals surface area contributed by atoms with Gasteiger partial charge in [0.25, 0.3) is 0 Å². The van der Waals surface area contributed by atoms with Crippen LogP contribution in [0.15, 0.2) is 30.5 Å². The Hall–Kier alpha value is -1.32. The summed E-state index contributed by atoms with van der Waals surface area (Å²) < 4.78 is 0. The van der Waals surface area contributed by atoms with Gasteiger partial charge in [0.15, 0.2) is 0 Å². The van der Waals surface area contributed by atoms with Crippen molar-refractivity contribution in [2.75, 3.05) is 19.7 Å². The quantitative estimate of drug-likeness (QED) is 0.818. The van der Waals surface area contributed by atoms with Gasteiger partial charge in [0, 0.05) is 49.3 Å². The molecule has 84 valence electrons. The van der Waals surface area contributed by atoms with E-state index in [0.717, 1.165) is 19.6 Å². The van der Waals surface area contributed by atoms with Crippen molar-refractivity contribution in [3.63, 3.8) is 0 Å². The van der Waals surface area contributed by atoms with Crippen LogP contribution in [0.2, 0.25) is 0 Å². The molecule has 3 rings (SSSR count). The van der Waals surface area contributed by atoms with E-state index in [1.807, 2.05) is 6.20 Å². The van der Waals surface area contributed by atoms with Crippen LogP contribution in [0.4, 0.5) is 0 Å². The van der Waals surface area contributed by atoms with Crippen LogP contribution < -0.4 is 0 Å². The van der Waals surface area contributed by atoms with E-state index in [1.54, 1.807) is 0 Å². The van der Waals surface area contributed by atoms with Gasteiger partial charge in [-0.2, -0.15) is 0 Å². The van der Waals surface area contributed by atoms with Gasteiger partial charge in [0.05, 0.1) is 0 Å². The van der Waals surface area contributed by atoms with E-state index >= 15 is 0 Å².